The molecule has 36 heavy (non-hydrogen) atoms. The minimum Gasteiger partial charge on any atom is -0.352 e. The molecule has 190 valence electrons. The van der Waals surface area contributed by atoms with Gasteiger partial charge in [0.1, 0.15) is 6.04 Å². The third-order valence-electron chi connectivity index (χ3n) is 5.84. The van der Waals surface area contributed by atoms with Crippen LogP contribution in [0.25, 0.3) is 0 Å². The van der Waals surface area contributed by atoms with Crippen LogP contribution in [0.1, 0.15) is 36.1 Å². The summed E-state index contributed by atoms with van der Waals surface area (Å²) in [5, 5.41) is 3.93. The van der Waals surface area contributed by atoms with Crippen LogP contribution in [0.4, 0.5) is 0 Å². The molecule has 2 amide bonds. The van der Waals surface area contributed by atoms with Gasteiger partial charge in [0, 0.05) is 40.4 Å². The lowest BCUT2D eigenvalue weighted by Crippen LogP contribution is -2.52. The average molecular weight is 544 g/mol. The first-order valence-electron chi connectivity index (χ1n) is 11.9. The molecule has 0 saturated carbocycles. The summed E-state index contributed by atoms with van der Waals surface area (Å²) < 4.78 is 0. The van der Waals surface area contributed by atoms with Crippen molar-refractivity contribution in [1.82, 2.24) is 10.2 Å². The number of halogens is 2. The Morgan fingerprint density at radius 1 is 0.917 bits per heavy atom. The molecule has 0 unspecified atom stereocenters. The van der Waals surface area contributed by atoms with Gasteiger partial charge in [-0.15, -0.1) is 11.8 Å². The number of amides is 2. The molecule has 0 aromatic heterocycles. The number of nitrogens with one attached hydrogen (secondary N) is 1. The number of carbonyl (C=O) groups is 2. The molecule has 0 radical (unpaired) electrons. The molecule has 7 heteroatoms. The van der Waals surface area contributed by atoms with Crippen molar-refractivity contribution in [3.63, 3.8) is 0 Å². The lowest BCUT2D eigenvalue weighted by Gasteiger charge is -2.32. The van der Waals surface area contributed by atoms with Crippen LogP contribution < -0.4 is 5.32 Å². The van der Waals surface area contributed by atoms with Crippen molar-refractivity contribution in [2.45, 2.75) is 51.6 Å². The predicted octanol–water partition coefficient (Wildman–Crippen LogP) is 6.70. The number of benzene rings is 3. The molecule has 0 bridgehead atoms. The highest BCUT2D eigenvalue weighted by Gasteiger charge is 2.31. The zero-order valence-electron chi connectivity index (χ0n) is 20.8. The Labute approximate surface area is 228 Å². The molecule has 0 heterocycles. The van der Waals surface area contributed by atoms with E-state index in [1.54, 1.807) is 23.1 Å². The molecular formula is C29H32Cl2N2O2S. The van der Waals surface area contributed by atoms with Crippen molar-refractivity contribution in [1.29, 1.82) is 0 Å². The summed E-state index contributed by atoms with van der Waals surface area (Å²) in [4.78, 5) is 28.8. The van der Waals surface area contributed by atoms with Gasteiger partial charge in [0.05, 0.1) is 5.75 Å². The predicted molar refractivity (Wildman–Crippen MR) is 152 cm³/mol. The molecule has 0 aliphatic heterocycles. The van der Waals surface area contributed by atoms with Crippen molar-refractivity contribution >= 4 is 46.8 Å². The van der Waals surface area contributed by atoms with Crippen LogP contribution in [0.15, 0.2) is 72.8 Å². The first-order valence-corrected chi connectivity index (χ1v) is 13.9. The summed E-state index contributed by atoms with van der Waals surface area (Å²) in [6.07, 6.45) is 0.385. The Hall–Kier alpha value is -2.47. The number of hydrogen-bond donors (Lipinski definition) is 1. The molecule has 4 nitrogen and oxygen atoms in total. The lowest BCUT2D eigenvalue weighted by molar-refractivity contribution is -0.139. The standard InChI is InChI=1S/C29H32Cl2N2O2S/c1-20(2)32-29(35)27(16-22-11-5-4-6-12-22)33(17-24-25(30)14-9-15-26(24)31)28(34)19-36-18-23-13-8-7-10-21(23)3/h4-15,20,27H,16-19H2,1-3H3,(H,32,35)/t27-/m0/s1. The first kappa shape index (κ1) is 28.1. The van der Waals surface area contributed by atoms with Crippen LogP contribution >= 0.6 is 35.0 Å². The Morgan fingerprint density at radius 3 is 2.19 bits per heavy atom. The van der Waals surface area contributed by atoms with Crippen molar-refractivity contribution in [2.75, 3.05) is 5.75 Å². The second kappa shape index (κ2) is 13.7. The van der Waals surface area contributed by atoms with Gasteiger partial charge in [0.15, 0.2) is 0 Å². The van der Waals surface area contributed by atoms with E-state index in [1.807, 2.05) is 56.3 Å². The molecule has 1 N–H and O–H groups in total. The zero-order chi connectivity index (χ0) is 26.1. The van der Waals surface area contributed by atoms with Crippen LogP contribution in [-0.2, 0) is 28.3 Å². The van der Waals surface area contributed by atoms with Gasteiger partial charge in [-0.2, -0.15) is 0 Å². The Bertz CT molecular complexity index is 1150. The topological polar surface area (TPSA) is 49.4 Å². The first-order chi connectivity index (χ1) is 17.3. The fourth-order valence-electron chi connectivity index (χ4n) is 3.89. The minimum absolute atomic E-state index is 0.0629. The van der Waals surface area contributed by atoms with Crippen LogP contribution in [0.2, 0.25) is 10.0 Å². The van der Waals surface area contributed by atoms with Gasteiger partial charge in [-0.05, 0) is 49.6 Å². The quantitative estimate of drug-likeness (QED) is 0.293. The third-order valence-corrected chi connectivity index (χ3v) is 7.51. The minimum atomic E-state index is -0.714. The van der Waals surface area contributed by atoms with Crippen LogP contribution in [0.5, 0.6) is 0 Å². The van der Waals surface area contributed by atoms with E-state index in [4.69, 9.17) is 23.2 Å². The maximum atomic E-state index is 13.7. The van der Waals surface area contributed by atoms with Gasteiger partial charge in [0.2, 0.25) is 11.8 Å². The second-order valence-corrected chi connectivity index (χ2v) is 10.8. The maximum absolute atomic E-state index is 13.7. The van der Waals surface area contributed by atoms with Gasteiger partial charge < -0.3 is 10.2 Å². The Kier molecular flexibility index (Phi) is 10.7. The van der Waals surface area contributed by atoms with E-state index in [9.17, 15) is 9.59 Å². The molecule has 0 spiro atoms. The van der Waals surface area contributed by atoms with E-state index in [0.717, 1.165) is 5.56 Å². The number of rotatable bonds is 11. The van der Waals surface area contributed by atoms with Gasteiger partial charge in [-0.3, -0.25) is 9.59 Å². The average Bonchev–Trinajstić information content (AvgIpc) is 2.84. The molecule has 3 aromatic rings. The normalized spacial score (nSPS) is 11.8. The van der Waals surface area contributed by atoms with Crippen molar-refractivity contribution in [2.24, 2.45) is 0 Å². The van der Waals surface area contributed by atoms with Gasteiger partial charge >= 0.3 is 0 Å². The number of aryl methyl sites for hydroxylation is 1. The van der Waals surface area contributed by atoms with Crippen LogP contribution in [0, 0.1) is 6.92 Å². The number of nitrogens with zero attached hydrogens (tertiary/aromatic N) is 1. The molecule has 0 saturated heterocycles. The summed E-state index contributed by atoms with van der Waals surface area (Å²) in [5.41, 5.74) is 3.98. The highest BCUT2D eigenvalue weighted by molar-refractivity contribution is 7.99. The van der Waals surface area contributed by atoms with Gasteiger partial charge in [-0.1, -0.05) is 83.9 Å². The summed E-state index contributed by atoms with van der Waals surface area (Å²) in [7, 11) is 0. The summed E-state index contributed by atoms with van der Waals surface area (Å²) >= 11 is 14.5. The van der Waals surface area contributed by atoms with E-state index < -0.39 is 6.04 Å². The number of carbonyl (C=O) groups excluding carboxylic acids is 2. The van der Waals surface area contributed by atoms with Crippen LogP contribution in [0.3, 0.4) is 0 Å². The molecular weight excluding hydrogens is 511 g/mol. The highest BCUT2D eigenvalue weighted by Crippen LogP contribution is 2.28. The fourth-order valence-corrected chi connectivity index (χ4v) is 5.39. The summed E-state index contributed by atoms with van der Waals surface area (Å²) in [6, 6.07) is 22.4. The van der Waals surface area contributed by atoms with E-state index in [-0.39, 0.29) is 30.2 Å². The summed E-state index contributed by atoms with van der Waals surface area (Å²) in [6.45, 7) is 6.03. The Balaban J connectivity index is 1.90. The molecule has 0 aliphatic rings. The van der Waals surface area contributed by atoms with E-state index in [1.165, 1.54) is 22.9 Å². The van der Waals surface area contributed by atoms with Crippen LogP contribution in [-0.4, -0.2) is 34.6 Å². The third kappa shape index (κ3) is 8.02. The van der Waals surface area contributed by atoms with E-state index in [2.05, 4.69) is 24.4 Å². The van der Waals surface area contributed by atoms with Crippen molar-refractivity contribution in [3.8, 4) is 0 Å². The maximum Gasteiger partial charge on any atom is 0.243 e. The number of hydrogen-bond acceptors (Lipinski definition) is 3. The molecule has 0 fully saturated rings. The van der Waals surface area contributed by atoms with E-state index in [0.29, 0.717) is 27.8 Å². The molecule has 3 aromatic carbocycles. The van der Waals surface area contributed by atoms with Crippen molar-refractivity contribution in [3.05, 3.63) is 105 Å². The molecule has 1 atom stereocenters. The zero-order valence-corrected chi connectivity index (χ0v) is 23.2. The second-order valence-electron chi connectivity index (χ2n) is 9.01. The number of thioether (sulfide) groups is 1. The monoisotopic (exact) mass is 542 g/mol. The fraction of sp³-hybridized carbons (Fsp3) is 0.310. The van der Waals surface area contributed by atoms with Gasteiger partial charge in [-0.25, -0.2) is 0 Å². The largest absolute Gasteiger partial charge is 0.352 e. The lowest BCUT2D eigenvalue weighted by atomic mass is 10.0. The van der Waals surface area contributed by atoms with Gasteiger partial charge in [0.25, 0.3) is 0 Å². The molecule has 0 aliphatic carbocycles. The van der Waals surface area contributed by atoms with Crippen molar-refractivity contribution < 1.29 is 9.59 Å². The van der Waals surface area contributed by atoms with E-state index >= 15 is 0 Å². The smallest absolute Gasteiger partial charge is 0.243 e. The SMILES string of the molecule is Cc1ccccc1CSCC(=O)N(Cc1c(Cl)cccc1Cl)[C@@H](Cc1ccccc1)C(=O)NC(C)C. The highest BCUT2D eigenvalue weighted by atomic mass is 35.5. The summed E-state index contributed by atoms with van der Waals surface area (Å²) in [5.74, 6) is 0.607. The molecule has 3 rings (SSSR count). The Morgan fingerprint density at radius 2 is 1.56 bits per heavy atom.